The number of hydrogen-bond acceptors (Lipinski definition) is 4. The zero-order valence-corrected chi connectivity index (χ0v) is 13.2. The molecule has 1 fully saturated rings. The molecule has 0 spiro atoms. The van der Waals surface area contributed by atoms with Gasteiger partial charge in [0.2, 0.25) is 5.95 Å². The maximum absolute atomic E-state index is 4.41. The van der Waals surface area contributed by atoms with E-state index in [0.29, 0.717) is 5.92 Å². The molecule has 0 saturated carbocycles. The number of likely N-dealkylation sites (tertiary alicyclic amines) is 1. The second kappa shape index (κ2) is 7.36. The van der Waals surface area contributed by atoms with Crippen molar-refractivity contribution in [2.45, 2.75) is 26.3 Å². The van der Waals surface area contributed by atoms with E-state index >= 15 is 0 Å². The van der Waals surface area contributed by atoms with E-state index in [1.165, 1.54) is 24.9 Å². The van der Waals surface area contributed by atoms with Crippen LogP contribution >= 0.6 is 0 Å². The summed E-state index contributed by atoms with van der Waals surface area (Å²) in [6.45, 7) is 6.35. The van der Waals surface area contributed by atoms with E-state index in [-0.39, 0.29) is 0 Å². The van der Waals surface area contributed by atoms with Crippen molar-refractivity contribution < 1.29 is 0 Å². The van der Waals surface area contributed by atoms with Gasteiger partial charge in [0.05, 0.1) is 0 Å². The summed E-state index contributed by atoms with van der Waals surface area (Å²) in [5.41, 5.74) is 2.41. The van der Waals surface area contributed by atoms with Gasteiger partial charge >= 0.3 is 0 Å². The van der Waals surface area contributed by atoms with Crippen LogP contribution in [0, 0.1) is 12.8 Å². The molecule has 2 heterocycles. The fourth-order valence-corrected chi connectivity index (χ4v) is 3.07. The van der Waals surface area contributed by atoms with Gasteiger partial charge in [0.1, 0.15) is 0 Å². The number of aryl methyl sites for hydroxylation is 1. The predicted molar refractivity (Wildman–Crippen MR) is 89.7 cm³/mol. The molecule has 3 rings (SSSR count). The fourth-order valence-electron chi connectivity index (χ4n) is 3.07. The number of piperidine rings is 1. The average Bonchev–Trinajstić information content (AvgIpc) is 2.54. The minimum atomic E-state index is 0.668. The molecule has 0 radical (unpaired) electrons. The molecule has 0 bridgehead atoms. The maximum Gasteiger partial charge on any atom is 0.222 e. The second-order valence-corrected chi connectivity index (χ2v) is 6.13. The van der Waals surface area contributed by atoms with Crippen LogP contribution in [0.2, 0.25) is 0 Å². The van der Waals surface area contributed by atoms with Crippen LogP contribution in [0.1, 0.15) is 24.1 Å². The molecule has 1 N–H and O–H groups in total. The average molecular weight is 296 g/mol. The topological polar surface area (TPSA) is 41.1 Å². The van der Waals surface area contributed by atoms with Crippen LogP contribution in [0.15, 0.2) is 42.6 Å². The van der Waals surface area contributed by atoms with Crippen LogP contribution in [-0.2, 0) is 6.54 Å². The zero-order chi connectivity index (χ0) is 15.2. The quantitative estimate of drug-likeness (QED) is 0.920. The summed E-state index contributed by atoms with van der Waals surface area (Å²) in [6, 6.07) is 12.7. The van der Waals surface area contributed by atoms with Crippen molar-refractivity contribution in [2.24, 2.45) is 5.92 Å². The summed E-state index contributed by atoms with van der Waals surface area (Å²) in [4.78, 5) is 11.2. The Balaban J connectivity index is 1.50. The Bertz CT molecular complexity index is 585. The first-order valence-electron chi connectivity index (χ1n) is 8.09. The monoisotopic (exact) mass is 296 g/mol. The largest absolute Gasteiger partial charge is 0.354 e. The summed E-state index contributed by atoms with van der Waals surface area (Å²) in [5.74, 6) is 1.42. The maximum atomic E-state index is 4.41. The Morgan fingerprint density at radius 3 is 2.91 bits per heavy atom. The van der Waals surface area contributed by atoms with Gasteiger partial charge in [0.15, 0.2) is 0 Å². The Kier molecular flexibility index (Phi) is 5.01. The van der Waals surface area contributed by atoms with Crippen molar-refractivity contribution in [3.63, 3.8) is 0 Å². The van der Waals surface area contributed by atoms with Gasteiger partial charge in [-0.05, 0) is 43.9 Å². The number of benzene rings is 1. The summed E-state index contributed by atoms with van der Waals surface area (Å²) in [6.07, 6.45) is 4.37. The molecule has 1 atom stereocenters. The molecular weight excluding hydrogens is 272 g/mol. The van der Waals surface area contributed by atoms with Gasteiger partial charge in [-0.2, -0.15) is 0 Å². The first-order valence-corrected chi connectivity index (χ1v) is 8.09. The molecular formula is C18H24N4. The van der Waals surface area contributed by atoms with Crippen molar-refractivity contribution in [2.75, 3.05) is 25.0 Å². The summed E-state index contributed by atoms with van der Waals surface area (Å²) in [5, 5.41) is 3.39. The molecule has 1 aliphatic heterocycles. The minimum absolute atomic E-state index is 0.668. The zero-order valence-electron chi connectivity index (χ0n) is 13.2. The highest BCUT2D eigenvalue weighted by molar-refractivity contribution is 5.24. The van der Waals surface area contributed by atoms with E-state index in [4.69, 9.17) is 0 Å². The van der Waals surface area contributed by atoms with E-state index in [2.05, 4.69) is 50.5 Å². The van der Waals surface area contributed by atoms with E-state index in [9.17, 15) is 0 Å². The summed E-state index contributed by atoms with van der Waals surface area (Å²) < 4.78 is 0. The van der Waals surface area contributed by atoms with Gasteiger partial charge in [-0.15, -0.1) is 0 Å². The normalized spacial score (nSPS) is 19.0. The molecule has 0 unspecified atom stereocenters. The molecule has 1 saturated heterocycles. The number of hydrogen-bond donors (Lipinski definition) is 1. The molecule has 2 aromatic rings. The molecule has 4 heteroatoms. The Morgan fingerprint density at radius 1 is 1.23 bits per heavy atom. The summed E-state index contributed by atoms with van der Waals surface area (Å²) in [7, 11) is 0. The smallest absolute Gasteiger partial charge is 0.222 e. The molecule has 22 heavy (non-hydrogen) atoms. The number of nitrogens with zero attached hydrogens (tertiary/aromatic N) is 3. The predicted octanol–water partition coefficient (Wildman–Crippen LogP) is 3.11. The third-order valence-corrected chi connectivity index (χ3v) is 4.20. The third kappa shape index (κ3) is 4.28. The lowest BCUT2D eigenvalue weighted by Crippen LogP contribution is -2.37. The SMILES string of the molecule is Cc1ccnc(NC[C@@H]2CCCN(Cc3ccccc3)C2)n1. The molecule has 1 aliphatic rings. The van der Waals surface area contributed by atoms with Gasteiger partial charge in [0.25, 0.3) is 0 Å². The van der Waals surface area contributed by atoms with Crippen LogP contribution < -0.4 is 5.32 Å². The molecule has 116 valence electrons. The Morgan fingerprint density at radius 2 is 2.09 bits per heavy atom. The third-order valence-electron chi connectivity index (χ3n) is 4.20. The Labute approximate surface area is 132 Å². The van der Waals surface area contributed by atoms with Gasteiger partial charge < -0.3 is 5.32 Å². The number of nitrogens with one attached hydrogen (secondary N) is 1. The summed E-state index contributed by atoms with van der Waals surface area (Å²) >= 11 is 0. The van der Waals surface area contributed by atoms with Crippen LogP contribution in [-0.4, -0.2) is 34.5 Å². The molecule has 1 aromatic heterocycles. The Hall–Kier alpha value is -1.94. The number of aromatic nitrogens is 2. The van der Waals surface area contributed by atoms with Gasteiger partial charge in [-0.3, -0.25) is 4.90 Å². The van der Waals surface area contributed by atoms with Crippen molar-refractivity contribution in [3.8, 4) is 0 Å². The van der Waals surface area contributed by atoms with Crippen molar-refractivity contribution in [3.05, 3.63) is 53.9 Å². The van der Waals surface area contributed by atoms with Gasteiger partial charge in [0, 0.05) is 31.5 Å². The van der Waals surface area contributed by atoms with Crippen LogP contribution in [0.5, 0.6) is 0 Å². The van der Waals surface area contributed by atoms with Crippen LogP contribution in [0.4, 0.5) is 5.95 Å². The molecule has 0 amide bonds. The highest BCUT2D eigenvalue weighted by atomic mass is 15.1. The highest BCUT2D eigenvalue weighted by Gasteiger charge is 2.20. The van der Waals surface area contributed by atoms with Crippen molar-refractivity contribution >= 4 is 5.95 Å². The molecule has 4 nitrogen and oxygen atoms in total. The lowest BCUT2D eigenvalue weighted by atomic mass is 9.97. The second-order valence-electron chi connectivity index (χ2n) is 6.13. The molecule has 1 aromatic carbocycles. The van der Waals surface area contributed by atoms with Gasteiger partial charge in [-0.1, -0.05) is 30.3 Å². The lowest BCUT2D eigenvalue weighted by Gasteiger charge is -2.32. The standard InChI is InChI=1S/C18H24N4/c1-15-9-10-19-18(21-15)20-12-17-8-5-11-22(14-17)13-16-6-3-2-4-7-16/h2-4,6-7,9-10,17H,5,8,11-14H2,1H3,(H,19,20,21)/t17-/m0/s1. The van der Waals surface area contributed by atoms with Crippen molar-refractivity contribution in [1.82, 2.24) is 14.9 Å². The van der Waals surface area contributed by atoms with E-state index < -0.39 is 0 Å². The van der Waals surface area contributed by atoms with Gasteiger partial charge in [-0.25, -0.2) is 9.97 Å². The van der Waals surface area contributed by atoms with Crippen LogP contribution in [0.25, 0.3) is 0 Å². The first-order chi connectivity index (χ1) is 10.8. The van der Waals surface area contributed by atoms with E-state index in [0.717, 1.165) is 31.3 Å². The fraction of sp³-hybridized carbons (Fsp3) is 0.444. The van der Waals surface area contributed by atoms with E-state index in [1.807, 2.05) is 19.2 Å². The van der Waals surface area contributed by atoms with Crippen LogP contribution in [0.3, 0.4) is 0 Å². The highest BCUT2D eigenvalue weighted by Crippen LogP contribution is 2.19. The van der Waals surface area contributed by atoms with Crippen molar-refractivity contribution in [1.29, 1.82) is 0 Å². The number of anilines is 1. The molecule has 0 aliphatic carbocycles. The first kappa shape index (κ1) is 15.0. The minimum Gasteiger partial charge on any atom is -0.354 e. The number of rotatable bonds is 5. The van der Waals surface area contributed by atoms with E-state index in [1.54, 1.807) is 0 Å². The lowest BCUT2D eigenvalue weighted by molar-refractivity contribution is 0.173.